The Balaban J connectivity index is 2.09. The highest BCUT2D eigenvalue weighted by Gasteiger charge is 2.43. The predicted molar refractivity (Wildman–Crippen MR) is 48.8 cm³/mol. The fourth-order valence-corrected chi connectivity index (χ4v) is 1.27. The van der Waals surface area contributed by atoms with E-state index >= 15 is 0 Å². The van der Waals surface area contributed by atoms with Crippen LogP contribution in [0, 0.1) is 5.92 Å². The lowest BCUT2D eigenvalue weighted by Crippen LogP contribution is -2.28. The zero-order chi connectivity index (χ0) is 10.6. The van der Waals surface area contributed by atoms with Gasteiger partial charge in [0.25, 0.3) is 0 Å². The van der Waals surface area contributed by atoms with Crippen LogP contribution in [0.15, 0.2) is 0 Å². The molecule has 0 saturated heterocycles. The maximum Gasteiger partial charge on any atom is 0.305 e. The van der Waals surface area contributed by atoms with Crippen molar-refractivity contribution in [1.82, 2.24) is 5.32 Å². The van der Waals surface area contributed by atoms with E-state index in [1.165, 1.54) is 0 Å². The SMILES string of the molecule is CCOC1CC1C(=O)NCCC(=O)O. The van der Waals surface area contributed by atoms with Gasteiger partial charge in [-0.1, -0.05) is 0 Å². The molecular weight excluding hydrogens is 186 g/mol. The van der Waals surface area contributed by atoms with Crippen molar-refractivity contribution in [1.29, 1.82) is 0 Å². The lowest BCUT2D eigenvalue weighted by Gasteiger charge is -2.02. The monoisotopic (exact) mass is 201 g/mol. The summed E-state index contributed by atoms with van der Waals surface area (Å²) in [6.45, 7) is 2.70. The third-order valence-corrected chi connectivity index (χ3v) is 2.09. The van der Waals surface area contributed by atoms with Gasteiger partial charge in [-0.3, -0.25) is 9.59 Å². The lowest BCUT2D eigenvalue weighted by molar-refractivity contribution is -0.136. The van der Waals surface area contributed by atoms with Crippen molar-refractivity contribution in [2.45, 2.75) is 25.9 Å². The molecule has 1 fully saturated rings. The zero-order valence-electron chi connectivity index (χ0n) is 8.16. The van der Waals surface area contributed by atoms with E-state index in [4.69, 9.17) is 9.84 Å². The Morgan fingerprint density at radius 2 is 2.29 bits per heavy atom. The van der Waals surface area contributed by atoms with Gasteiger partial charge in [0, 0.05) is 13.2 Å². The minimum absolute atomic E-state index is 0.0300. The second-order valence-corrected chi connectivity index (χ2v) is 3.27. The molecule has 0 spiro atoms. The molecule has 0 bridgehead atoms. The minimum Gasteiger partial charge on any atom is -0.481 e. The molecular formula is C9H15NO4. The summed E-state index contributed by atoms with van der Waals surface area (Å²) in [7, 11) is 0. The molecule has 0 heterocycles. The minimum atomic E-state index is -0.901. The van der Waals surface area contributed by atoms with Crippen molar-refractivity contribution in [3.8, 4) is 0 Å². The quantitative estimate of drug-likeness (QED) is 0.634. The van der Waals surface area contributed by atoms with E-state index in [0.29, 0.717) is 6.61 Å². The van der Waals surface area contributed by atoms with E-state index < -0.39 is 5.97 Å². The first-order valence-electron chi connectivity index (χ1n) is 4.76. The van der Waals surface area contributed by atoms with Crippen LogP contribution in [0.25, 0.3) is 0 Å². The van der Waals surface area contributed by atoms with E-state index in [0.717, 1.165) is 6.42 Å². The smallest absolute Gasteiger partial charge is 0.305 e. The van der Waals surface area contributed by atoms with Gasteiger partial charge in [-0.2, -0.15) is 0 Å². The molecule has 1 aliphatic carbocycles. The average Bonchev–Trinajstić information content (AvgIpc) is 2.84. The maximum absolute atomic E-state index is 11.3. The molecule has 0 aromatic rings. The summed E-state index contributed by atoms with van der Waals surface area (Å²) in [5.74, 6) is -1.06. The van der Waals surface area contributed by atoms with Crippen LogP contribution in [0.3, 0.4) is 0 Å². The summed E-state index contributed by atoms with van der Waals surface area (Å²) >= 11 is 0. The number of hydrogen-bond acceptors (Lipinski definition) is 3. The highest BCUT2D eigenvalue weighted by molar-refractivity contribution is 5.82. The largest absolute Gasteiger partial charge is 0.481 e. The third kappa shape index (κ3) is 3.33. The van der Waals surface area contributed by atoms with Gasteiger partial charge in [0.15, 0.2) is 0 Å². The molecule has 0 aromatic heterocycles. The number of carbonyl (C=O) groups is 2. The summed E-state index contributed by atoms with van der Waals surface area (Å²) < 4.78 is 5.24. The molecule has 5 heteroatoms. The van der Waals surface area contributed by atoms with Crippen molar-refractivity contribution in [3.05, 3.63) is 0 Å². The van der Waals surface area contributed by atoms with Gasteiger partial charge in [0.1, 0.15) is 0 Å². The van der Waals surface area contributed by atoms with Gasteiger partial charge >= 0.3 is 5.97 Å². The molecule has 2 unspecified atom stereocenters. The van der Waals surface area contributed by atoms with Gasteiger partial charge in [-0.15, -0.1) is 0 Å². The van der Waals surface area contributed by atoms with Crippen LogP contribution >= 0.6 is 0 Å². The van der Waals surface area contributed by atoms with E-state index in [9.17, 15) is 9.59 Å². The van der Waals surface area contributed by atoms with E-state index in [1.807, 2.05) is 6.92 Å². The highest BCUT2D eigenvalue weighted by atomic mass is 16.5. The fraction of sp³-hybridized carbons (Fsp3) is 0.778. The number of rotatable bonds is 6. The molecule has 0 aliphatic heterocycles. The first kappa shape index (κ1) is 11.0. The van der Waals surface area contributed by atoms with Crippen molar-refractivity contribution < 1.29 is 19.4 Å². The van der Waals surface area contributed by atoms with Gasteiger partial charge in [-0.05, 0) is 13.3 Å². The lowest BCUT2D eigenvalue weighted by atomic mass is 10.3. The molecule has 0 aromatic carbocycles. The topological polar surface area (TPSA) is 75.6 Å². The Morgan fingerprint density at radius 3 is 2.86 bits per heavy atom. The van der Waals surface area contributed by atoms with Crippen LogP contribution in [0.1, 0.15) is 19.8 Å². The van der Waals surface area contributed by atoms with Gasteiger partial charge in [0.05, 0.1) is 18.4 Å². The van der Waals surface area contributed by atoms with Crippen LogP contribution in [0.2, 0.25) is 0 Å². The molecule has 5 nitrogen and oxygen atoms in total. The number of nitrogens with one attached hydrogen (secondary N) is 1. The molecule has 0 radical (unpaired) electrons. The average molecular weight is 201 g/mol. The van der Waals surface area contributed by atoms with E-state index in [2.05, 4.69) is 5.32 Å². The first-order chi connectivity index (χ1) is 6.65. The second-order valence-electron chi connectivity index (χ2n) is 3.27. The Bertz CT molecular complexity index is 229. The normalized spacial score (nSPS) is 24.4. The molecule has 1 saturated carbocycles. The number of hydrogen-bond donors (Lipinski definition) is 2. The van der Waals surface area contributed by atoms with Crippen molar-refractivity contribution in [3.63, 3.8) is 0 Å². The van der Waals surface area contributed by atoms with Crippen LogP contribution < -0.4 is 5.32 Å². The number of carboxylic acid groups (broad SMARTS) is 1. The number of aliphatic carboxylic acids is 1. The number of ether oxygens (including phenoxy) is 1. The van der Waals surface area contributed by atoms with Crippen LogP contribution in [0.5, 0.6) is 0 Å². The number of carboxylic acids is 1. The maximum atomic E-state index is 11.3. The van der Waals surface area contributed by atoms with Crippen LogP contribution in [-0.4, -0.2) is 36.2 Å². The summed E-state index contributed by atoms with van der Waals surface area (Å²) in [6.07, 6.45) is 0.773. The van der Waals surface area contributed by atoms with E-state index in [1.54, 1.807) is 0 Å². The molecule has 1 amide bonds. The Hall–Kier alpha value is -1.10. The van der Waals surface area contributed by atoms with Crippen LogP contribution in [-0.2, 0) is 14.3 Å². The summed E-state index contributed by atoms with van der Waals surface area (Å²) in [4.78, 5) is 21.4. The van der Waals surface area contributed by atoms with Crippen LogP contribution in [0.4, 0.5) is 0 Å². The van der Waals surface area contributed by atoms with E-state index in [-0.39, 0.29) is 30.9 Å². The molecule has 2 N–H and O–H groups in total. The van der Waals surface area contributed by atoms with Crippen molar-refractivity contribution >= 4 is 11.9 Å². The third-order valence-electron chi connectivity index (χ3n) is 2.09. The second kappa shape index (κ2) is 4.95. The van der Waals surface area contributed by atoms with Gasteiger partial charge < -0.3 is 15.2 Å². The number of amides is 1. The Labute approximate surface area is 82.4 Å². The first-order valence-corrected chi connectivity index (χ1v) is 4.76. The number of carbonyl (C=O) groups excluding carboxylic acids is 1. The van der Waals surface area contributed by atoms with Crippen molar-refractivity contribution in [2.75, 3.05) is 13.2 Å². The van der Waals surface area contributed by atoms with Gasteiger partial charge in [0.2, 0.25) is 5.91 Å². The van der Waals surface area contributed by atoms with Gasteiger partial charge in [-0.25, -0.2) is 0 Å². The molecule has 2 atom stereocenters. The molecule has 1 aliphatic rings. The molecule has 80 valence electrons. The summed E-state index contributed by atoms with van der Waals surface area (Å²) in [5.41, 5.74) is 0. The highest BCUT2D eigenvalue weighted by Crippen LogP contribution is 2.33. The molecule has 14 heavy (non-hydrogen) atoms. The Kier molecular flexibility index (Phi) is 3.88. The zero-order valence-corrected chi connectivity index (χ0v) is 8.16. The predicted octanol–water partition coefficient (Wildman–Crippen LogP) is 0.00230. The molecule has 1 rings (SSSR count). The Morgan fingerprint density at radius 1 is 1.57 bits per heavy atom. The fourth-order valence-electron chi connectivity index (χ4n) is 1.27. The standard InChI is InChI=1S/C9H15NO4/c1-2-14-7-5-6(7)9(13)10-4-3-8(11)12/h6-7H,2-5H2,1H3,(H,10,13)(H,11,12). The van der Waals surface area contributed by atoms with Crippen molar-refractivity contribution in [2.24, 2.45) is 5.92 Å². The summed E-state index contributed by atoms with van der Waals surface area (Å²) in [6, 6.07) is 0. The summed E-state index contributed by atoms with van der Waals surface area (Å²) in [5, 5.41) is 10.9.